The van der Waals surface area contributed by atoms with Gasteiger partial charge in [0.15, 0.2) is 0 Å². The molecular formula is C21H24N6O. The zero-order chi connectivity index (χ0) is 18.9. The number of aryl methyl sites for hydroxylation is 1. The molecule has 1 aromatic carbocycles. The highest BCUT2D eigenvalue weighted by atomic mass is 16.5. The topological polar surface area (TPSA) is 59.3 Å². The van der Waals surface area contributed by atoms with Crippen molar-refractivity contribution >= 4 is 5.95 Å². The first-order valence-electron chi connectivity index (χ1n) is 9.85. The summed E-state index contributed by atoms with van der Waals surface area (Å²) >= 11 is 0. The molecule has 2 fully saturated rings. The number of ether oxygens (including phenoxy) is 1. The Morgan fingerprint density at radius 1 is 1.11 bits per heavy atom. The van der Waals surface area contributed by atoms with Crippen molar-refractivity contribution in [1.82, 2.24) is 24.4 Å². The average molecular weight is 376 g/mol. The van der Waals surface area contributed by atoms with Crippen molar-refractivity contribution in [3.63, 3.8) is 0 Å². The second-order valence-corrected chi connectivity index (χ2v) is 7.50. The molecule has 1 unspecified atom stereocenters. The molecule has 0 radical (unpaired) electrons. The number of benzene rings is 1. The summed E-state index contributed by atoms with van der Waals surface area (Å²) in [5.74, 6) is 2.15. The highest BCUT2D eigenvalue weighted by Crippen LogP contribution is 2.28. The Labute approximate surface area is 164 Å². The third-order valence-electron chi connectivity index (χ3n) is 5.64. The maximum Gasteiger partial charge on any atom is 0.228 e. The lowest BCUT2D eigenvalue weighted by atomic mass is 10.1. The molecule has 7 heteroatoms. The van der Waals surface area contributed by atoms with Crippen LogP contribution in [-0.4, -0.2) is 56.6 Å². The Hall–Kier alpha value is -2.93. The fourth-order valence-electron chi connectivity index (χ4n) is 4.06. The maximum absolute atomic E-state index is 6.09. The normalized spacial score (nSPS) is 19.6. The SMILES string of the molecule is Cc1cnc(N2CCN3CCCC3C2)nc1Oc1ccc(-n2ccnc2)cc1. The molecule has 0 saturated carbocycles. The average Bonchev–Trinajstić information content (AvgIpc) is 3.41. The van der Waals surface area contributed by atoms with Gasteiger partial charge in [0.05, 0.1) is 6.33 Å². The van der Waals surface area contributed by atoms with Gasteiger partial charge in [0.2, 0.25) is 11.8 Å². The van der Waals surface area contributed by atoms with Crippen LogP contribution in [0, 0.1) is 6.92 Å². The summed E-state index contributed by atoms with van der Waals surface area (Å²) in [6, 6.07) is 8.56. The van der Waals surface area contributed by atoms with Crippen molar-refractivity contribution in [2.45, 2.75) is 25.8 Å². The third-order valence-corrected chi connectivity index (χ3v) is 5.64. The second-order valence-electron chi connectivity index (χ2n) is 7.50. The van der Waals surface area contributed by atoms with E-state index in [1.165, 1.54) is 19.4 Å². The summed E-state index contributed by atoms with van der Waals surface area (Å²) in [5.41, 5.74) is 1.97. The van der Waals surface area contributed by atoms with Gasteiger partial charge in [-0.25, -0.2) is 9.97 Å². The summed E-state index contributed by atoms with van der Waals surface area (Å²) in [7, 11) is 0. The van der Waals surface area contributed by atoms with E-state index in [0.717, 1.165) is 42.6 Å². The molecule has 4 heterocycles. The van der Waals surface area contributed by atoms with Gasteiger partial charge in [-0.1, -0.05) is 0 Å². The largest absolute Gasteiger partial charge is 0.439 e. The fourth-order valence-corrected chi connectivity index (χ4v) is 4.06. The first-order chi connectivity index (χ1) is 13.8. The summed E-state index contributed by atoms with van der Waals surface area (Å²) in [6.45, 7) is 6.28. The Morgan fingerprint density at radius 2 is 2.00 bits per heavy atom. The number of nitrogens with zero attached hydrogens (tertiary/aromatic N) is 6. The molecule has 2 aliphatic rings. The molecule has 2 aromatic heterocycles. The molecule has 0 amide bonds. The molecule has 28 heavy (non-hydrogen) atoms. The van der Waals surface area contributed by atoms with Crippen molar-refractivity contribution in [3.8, 4) is 17.3 Å². The number of hydrogen-bond acceptors (Lipinski definition) is 6. The molecule has 144 valence electrons. The smallest absolute Gasteiger partial charge is 0.228 e. The lowest BCUT2D eigenvalue weighted by Crippen LogP contribution is -2.50. The van der Waals surface area contributed by atoms with Gasteiger partial charge in [0, 0.05) is 55.5 Å². The van der Waals surface area contributed by atoms with Crippen LogP contribution in [0.5, 0.6) is 11.6 Å². The minimum absolute atomic E-state index is 0.620. The number of rotatable bonds is 4. The van der Waals surface area contributed by atoms with E-state index in [-0.39, 0.29) is 0 Å². The van der Waals surface area contributed by atoms with Crippen molar-refractivity contribution in [3.05, 3.63) is 54.7 Å². The van der Waals surface area contributed by atoms with Gasteiger partial charge < -0.3 is 14.2 Å². The zero-order valence-electron chi connectivity index (χ0n) is 16.0. The van der Waals surface area contributed by atoms with E-state index in [4.69, 9.17) is 9.72 Å². The van der Waals surface area contributed by atoms with Crippen LogP contribution in [0.15, 0.2) is 49.2 Å². The van der Waals surface area contributed by atoms with Gasteiger partial charge >= 0.3 is 0 Å². The highest BCUT2D eigenvalue weighted by Gasteiger charge is 2.31. The van der Waals surface area contributed by atoms with Crippen LogP contribution < -0.4 is 9.64 Å². The molecule has 5 rings (SSSR count). The van der Waals surface area contributed by atoms with Crippen molar-refractivity contribution < 1.29 is 4.74 Å². The Morgan fingerprint density at radius 3 is 2.82 bits per heavy atom. The van der Waals surface area contributed by atoms with Gasteiger partial charge in [-0.05, 0) is 50.6 Å². The molecule has 1 atom stereocenters. The molecular weight excluding hydrogens is 352 g/mol. The van der Waals surface area contributed by atoms with Crippen LogP contribution in [-0.2, 0) is 0 Å². The molecule has 0 bridgehead atoms. The standard InChI is InChI=1S/C21H24N6O/c1-16-13-23-21(26-12-11-25-9-2-3-18(25)14-26)24-20(16)28-19-6-4-17(5-7-19)27-10-8-22-15-27/h4-8,10,13,15,18H,2-3,9,11-12,14H2,1H3. The summed E-state index contributed by atoms with van der Waals surface area (Å²) < 4.78 is 8.05. The number of aromatic nitrogens is 4. The van der Waals surface area contributed by atoms with Crippen molar-refractivity contribution in [2.75, 3.05) is 31.1 Å². The van der Waals surface area contributed by atoms with E-state index in [0.29, 0.717) is 11.9 Å². The zero-order valence-corrected chi connectivity index (χ0v) is 16.0. The number of hydrogen-bond donors (Lipinski definition) is 0. The predicted octanol–water partition coefficient (Wildman–Crippen LogP) is 3.05. The first-order valence-corrected chi connectivity index (χ1v) is 9.85. The van der Waals surface area contributed by atoms with Crippen LogP contribution >= 0.6 is 0 Å². The van der Waals surface area contributed by atoms with Gasteiger partial charge in [-0.3, -0.25) is 4.90 Å². The van der Waals surface area contributed by atoms with Crippen LogP contribution in [0.1, 0.15) is 18.4 Å². The fraction of sp³-hybridized carbons (Fsp3) is 0.381. The first kappa shape index (κ1) is 17.2. The monoisotopic (exact) mass is 376 g/mol. The summed E-state index contributed by atoms with van der Waals surface area (Å²) in [6.07, 6.45) is 9.90. The summed E-state index contributed by atoms with van der Waals surface area (Å²) in [4.78, 5) is 18.3. The summed E-state index contributed by atoms with van der Waals surface area (Å²) in [5, 5.41) is 0. The molecule has 0 aliphatic carbocycles. The highest BCUT2D eigenvalue weighted by molar-refractivity contribution is 5.41. The van der Waals surface area contributed by atoms with Crippen LogP contribution in [0.2, 0.25) is 0 Å². The molecule has 2 aliphatic heterocycles. The molecule has 3 aromatic rings. The Kier molecular flexibility index (Phi) is 4.44. The minimum Gasteiger partial charge on any atom is -0.439 e. The van der Waals surface area contributed by atoms with E-state index in [2.05, 4.69) is 19.8 Å². The molecule has 0 spiro atoms. The number of imidazole rings is 1. The van der Waals surface area contributed by atoms with Gasteiger partial charge in [-0.2, -0.15) is 4.98 Å². The number of anilines is 1. The van der Waals surface area contributed by atoms with E-state index >= 15 is 0 Å². The van der Waals surface area contributed by atoms with Crippen LogP contribution in [0.25, 0.3) is 5.69 Å². The number of piperazine rings is 1. The van der Waals surface area contributed by atoms with E-state index < -0.39 is 0 Å². The molecule has 2 saturated heterocycles. The van der Waals surface area contributed by atoms with Gasteiger partial charge in [0.1, 0.15) is 5.75 Å². The van der Waals surface area contributed by atoms with Crippen molar-refractivity contribution in [1.29, 1.82) is 0 Å². The molecule has 0 N–H and O–H groups in total. The maximum atomic E-state index is 6.09. The third kappa shape index (κ3) is 3.33. The van der Waals surface area contributed by atoms with E-state index in [9.17, 15) is 0 Å². The van der Waals surface area contributed by atoms with Gasteiger partial charge in [-0.15, -0.1) is 0 Å². The van der Waals surface area contributed by atoms with E-state index in [1.54, 1.807) is 12.5 Å². The Balaban J connectivity index is 1.33. The van der Waals surface area contributed by atoms with Crippen LogP contribution in [0.4, 0.5) is 5.95 Å². The Bertz CT molecular complexity index is 940. The second kappa shape index (κ2) is 7.24. The van der Waals surface area contributed by atoms with Crippen molar-refractivity contribution in [2.24, 2.45) is 0 Å². The lowest BCUT2D eigenvalue weighted by Gasteiger charge is -2.37. The quantitative estimate of drug-likeness (QED) is 0.698. The predicted molar refractivity (Wildman–Crippen MR) is 107 cm³/mol. The van der Waals surface area contributed by atoms with Gasteiger partial charge in [0.25, 0.3) is 0 Å². The lowest BCUT2D eigenvalue weighted by molar-refractivity contribution is 0.229. The minimum atomic E-state index is 0.620. The van der Waals surface area contributed by atoms with E-state index in [1.807, 2.05) is 48.1 Å². The molecule has 7 nitrogen and oxygen atoms in total. The van der Waals surface area contributed by atoms with Crippen LogP contribution in [0.3, 0.4) is 0 Å². The number of fused-ring (bicyclic) bond motifs is 1.